The Bertz CT molecular complexity index is 508. The molecule has 0 atom stereocenters. The average molecular weight is 231 g/mol. The van der Waals surface area contributed by atoms with Crippen molar-refractivity contribution in [3.63, 3.8) is 0 Å². The Morgan fingerprint density at radius 1 is 1.18 bits per heavy atom. The van der Waals surface area contributed by atoms with Crippen LogP contribution in [0.2, 0.25) is 0 Å². The van der Waals surface area contributed by atoms with Gasteiger partial charge < -0.3 is 4.74 Å². The van der Waals surface area contributed by atoms with Crippen molar-refractivity contribution in [3.05, 3.63) is 47.9 Å². The number of halogens is 1. The molecular formula is C14H14FNO. The van der Waals surface area contributed by atoms with Crippen molar-refractivity contribution in [3.8, 4) is 17.0 Å². The number of benzene rings is 1. The Kier molecular flexibility index (Phi) is 3.38. The van der Waals surface area contributed by atoms with Gasteiger partial charge in [0.15, 0.2) is 0 Å². The Labute approximate surface area is 100 Å². The highest BCUT2D eigenvalue weighted by Crippen LogP contribution is 2.22. The van der Waals surface area contributed by atoms with Crippen LogP contribution in [0, 0.1) is 12.7 Å². The van der Waals surface area contributed by atoms with Crippen LogP contribution in [0.25, 0.3) is 11.1 Å². The van der Waals surface area contributed by atoms with E-state index in [0.29, 0.717) is 18.1 Å². The lowest BCUT2D eigenvalue weighted by molar-refractivity contribution is 0.327. The number of aromatic nitrogens is 1. The second-order valence-corrected chi connectivity index (χ2v) is 3.78. The number of hydrogen-bond donors (Lipinski definition) is 0. The van der Waals surface area contributed by atoms with Gasteiger partial charge in [-0.1, -0.05) is 12.1 Å². The van der Waals surface area contributed by atoms with E-state index in [1.165, 1.54) is 6.07 Å². The maximum atomic E-state index is 13.4. The zero-order valence-electron chi connectivity index (χ0n) is 9.90. The molecule has 0 spiro atoms. The van der Waals surface area contributed by atoms with Gasteiger partial charge in [0.1, 0.15) is 5.82 Å². The van der Waals surface area contributed by atoms with Gasteiger partial charge in [-0.3, -0.25) is 0 Å². The molecule has 0 aliphatic heterocycles. The largest absolute Gasteiger partial charge is 0.478 e. The van der Waals surface area contributed by atoms with Crippen LogP contribution in [0.3, 0.4) is 0 Å². The summed E-state index contributed by atoms with van der Waals surface area (Å²) in [4.78, 5) is 4.15. The van der Waals surface area contributed by atoms with Crippen molar-refractivity contribution in [2.24, 2.45) is 0 Å². The lowest BCUT2D eigenvalue weighted by Gasteiger charge is -2.05. The Hall–Kier alpha value is -1.90. The molecule has 17 heavy (non-hydrogen) atoms. The molecule has 0 N–H and O–H groups in total. The van der Waals surface area contributed by atoms with Gasteiger partial charge in [-0.2, -0.15) is 0 Å². The first-order valence-electron chi connectivity index (χ1n) is 5.56. The zero-order chi connectivity index (χ0) is 12.3. The molecule has 0 fully saturated rings. The van der Waals surface area contributed by atoms with Crippen LogP contribution in [0.15, 0.2) is 36.5 Å². The number of aryl methyl sites for hydroxylation is 1. The van der Waals surface area contributed by atoms with Crippen LogP contribution in [0.1, 0.15) is 12.5 Å². The van der Waals surface area contributed by atoms with E-state index >= 15 is 0 Å². The third-order valence-electron chi connectivity index (χ3n) is 2.53. The Balaban J connectivity index is 2.30. The molecule has 0 unspecified atom stereocenters. The van der Waals surface area contributed by atoms with E-state index in [4.69, 9.17) is 4.74 Å². The molecular weight excluding hydrogens is 217 g/mol. The highest BCUT2D eigenvalue weighted by molar-refractivity contribution is 5.63. The van der Waals surface area contributed by atoms with Gasteiger partial charge in [0.25, 0.3) is 0 Å². The van der Waals surface area contributed by atoms with E-state index < -0.39 is 0 Å². The van der Waals surface area contributed by atoms with E-state index in [1.807, 2.05) is 19.1 Å². The molecule has 0 saturated carbocycles. The molecule has 0 saturated heterocycles. The fraction of sp³-hybridized carbons (Fsp3) is 0.214. The van der Waals surface area contributed by atoms with Crippen LogP contribution in [-0.4, -0.2) is 11.6 Å². The third kappa shape index (κ3) is 2.61. The van der Waals surface area contributed by atoms with Crippen LogP contribution >= 0.6 is 0 Å². The first kappa shape index (κ1) is 11.6. The average Bonchev–Trinajstić information content (AvgIpc) is 2.34. The monoisotopic (exact) mass is 231 g/mol. The van der Waals surface area contributed by atoms with E-state index in [1.54, 1.807) is 25.3 Å². The van der Waals surface area contributed by atoms with Crippen LogP contribution in [0.4, 0.5) is 4.39 Å². The first-order chi connectivity index (χ1) is 8.20. The number of pyridine rings is 1. The summed E-state index contributed by atoms with van der Waals surface area (Å²) < 4.78 is 18.7. The summed E-state index contributed by atoms with van der Waals surface area (Å²) in [6.07, 6.45) is 1.69. The van der Waals surface area contributed by atoms with Crippen molar-refractivity contribution in [2.45, 2.75) is 13.8 Å². The van der Waals surface area contributed by atoms with E-state index in [-0.39, 0.29) is 5.82 Å². The topological polar surface area (TPSA) is 22.1 Å². The Morgan fingerprint density at radius 2 is 1.94 bits per heavy atom. The number of ether oxygens (including phenoxy) is 1. The summed E-state index contributed by atoms with van der Waals surface area (Å²) in [6, 6.07) is 8.84. The lowest BCUT2D eigenvalue weighted by Crippen LogP contribution is -1.93. The van der Waals surface area contributed by atoms with Crippen LogP contribution in [0.5, 0.6) is 5.88 Å². The SMILES string of the molecule is CCOc1ccc(-c2ccc(C)c(F)c2)cn1. The minimum atomic E-state index is -0.198. The summed E-state index contributed by atoms with van der Waals surface area (Å²) >= 11 is 0. The minimum absolute atomic E-state index is 0.198. The van der Waals surface area contributed by atoms with Gasteiger partial charge >= 0.3 is 0 Å². The van der Waals surface area contributed by atoms with Gasteiger partial charge in [-0.05, 0) is 37.1 Å². The number of nitrogens with zero attached hydrogens (tertiary/aromatic N) is 1. The molecule has 88 valence electrons. The van der Waals surface area contributed by atoms with Crippen molar-refractivity contribution < 1.29 is 9.13 Å². The standard InChI is InChI=1S/C14H14FNO/c1-3-17-14-7-6-12(9-16-14)11-5-4-10(2)13(15)8-11/h4-9H,3H2,1-2H3. The highest BCUT2D eigenvalue weighted by atomic mass is 19.1. The van der Waals surface area contributed by atoms with Gasteiger partial charge in [0, 0.05) is 17.8 Å². The summed E-state index contributed by atoms with van der Waals surface area (Å²) in [6.45, 7) is 4.24. The molecule has 0 radical (unpaired) electrons. The quantitative estimate of drug-likeness (QED) is 0.805. The Morgan fingerprint density at radius 3 is 2.53 bits per heavy atom. The number of rotatable bonds is 3. The first-order valence-corrected chi connectivity index (χ1v) is 5.56. The fourth-order valence-electron chi connectivity index (χ4n) is 1.56. The van der Waals surface area contributed by atoms with Gasteiger partial charge in [-0.25, -0.2) is 9.37 Å². The molecule has 1 aromatic heterocycles. The summed E-state index contributed by atoms with van der Waals surface area (Å²) in [5.74, 6) is 0.389. The van der Waals surface area contributed by atoms with Crippen LogP contribution < -0.4 is 4.74 Å². The molecule has 0 aliphatic carbocycles. The molecule has 1 aromatic carbocycles. The third-order valence-corrected chi connectivity index (χ3v) is 2.53. The van der Waals surface area contributed by atoms with Gasteiger partial charge in [-0.15, -0.1) is 0 Å². The predicted molar refractivity (Wildman–Crippen MR) is 65.5 cm³/mol. The molecule has 2 aromatic rings. The molecule has 2 rings (SSSR count). The molecule has 0 aliphatic rings. The highest BCUT2D eigenvalue weighted by Gasteiger charge is 2.03. The van der Waals surface area contributed by atoms with Crippen molar-refractivity contribution in [1.29, 1.82) is 0 Å². The zero-order valence-corrected chi connectivity index (χ0v) is 9.90. The van der Waals surface area contributed by atoms with Crippen molar-refractivity contribution in [2.75, 3.05) is 6.61 Å². The minimum Gasteiger partial charge on any atom is -0.478 e. The molecule has 0 amide bonds. The van der Waals surface area contributed by atoms with Crippen molar-refractivity contribution >= 4 is 0 Å². The van der Waals surface area contributed by atoms with Crippen LogP contribution in [-0.2, 0) is 0 Å². The number of hydrogen-bond acceptors (Lipinski definition) is 2. The molecule has 3 heteroatoms. The second-order valence-electron chi connectivity index (χ2n) is 3.78. The molecule has 0 bridgehead atoms. The lowest BCUT2D eigenvalue weighted by atomic mass is 10.1. The molecule has 2 nitrogen and oxygen atoms in total. The summed E-state index contributed by atoms with van der Waals surface area (Å²) in [5.41, 5.74) is 2.35. The van der Waals surface area contributed by atoms with E-state index in [0.717, 1.165) is 11.1 Å². The predicted octanol–water partition coefficient (Wildman–Crippen LogP) is 3.59. The van der Waals surface area contributed by atoms with Gasteiger partial charge in [0.2, 0.25) is 5.88 Å². The van der Waals surface area contributed by atoms with E-state index in [9.17, 15) is 4.39 Å². The maximum Gasteiger partial charge on any atom is 0.213 e. The second kappa shape index (κ2) is 4.95. The summed E-state index contributed by atoms with van der Waals surface area (Å²) in [5, 5.41) is 0. The van der Waals surface area contributed by atoms with Gasteiger partial charge in [0.05, 0.1) is 6.61 Å². The fourth-order valence-corrected chi connectivity index (χ4v) is 1.56. The van der Waals surface area contributed by atoms with E-state index in [2.05, 4.69) is 4.98 Å². The molecule has 1 heterocycles. The smallest absolute Gasteiger partial charge is 0.213 e. The van der Waals surface area contributed by atoms with Crippen molar-refractivity contribution in [1.82, 2.24) is 4.98 Å². The normalized spacial score (nSPS) is 10.3. The summed E-state index contributed by atoms with van der Waals surface area (Å²) in [7, 11) is 0. The maximum absolute atomic E-state index is 13.4.